The van der Waals surface area contributed by atoms with Crippen LogP contribution in [-0.2, 0) is 36.3 Å². The summed E-state index contributed by atoms with van der Waals surface area (Å²) in [6, 6.07) is 14.0. The smallest absolute Gasteiger partial charge is 0.287 e. The third kappa shape index (κ3) is 7.70. The van der Waals surface area contributed by atoms with E-state index in [0.717, 1.165) is 5.69 Å². The van der Waals surface area contributed by atoms with Crippen molar-refractivity contribution in [1.29, 1.82) is 0 Å². The predicted octanol–water partition coefficient (Wildman–Crippen LogP) is 3.22. The summed E-state index contributed by atoms with van der Waals surface area (Å²) in [5.74, 6) is -0.636. The van der Waals surface area contributed by atoms with E-state index in [1.54, 1.807) is 18.6 Å². The summed E-state index contributed by atoms with van der Waals surface area (Å²) in [6.45, 7) is 2.38. The number of nitrogens with one attached hydrogen (secondary N) is 3. The van der Waals surface area contributed by atoms with Crippen LogP contribution in [-0.4, -0.2) is 47.1 Å². The first-order chi connectivity index (χ1) is 19.7. The zero-order valence-electron chi connectivity index (χ0n) is 22.0. The van der Waals surface area contributed by atoms with Crippen LogP contribution in [0.1, 0.15) is 27.7 Å². The highest BCUT2D eigenvalue weighted by Crippen LogP contribution is 2.21. The van der Waals surface area contributed by atoms with Crippen molar-refractivity contribution in [2.45, 2.75) is 26.6 Å². The molecule has 0 fully saturated rings. The Morgan fingerprint density at radius 3 is 2.63 bits per heavy atom. The maximum Gasteiger partial charge on any atom is 0.287 e. The maximum atomic E-state index is 12.3. The van der Waals surface area contributed by atoms with E-state index in [-0.39, 0.29) is 43.0 Å². The molecular formula is C26H25ClFN9O3S. The number of fused-ring (bicyclic) bond motifs is 2. The van der Waals surface area contributed by atoms with Gasteiger partial charge >= 0.3 is 0 Å². The summed E-state index contributed by atoms with van der Waals surface area (Å²) >= 11 is 7.01. The molecule has 5 aromatic rings. The number of aromatic nitrogens is 6. The quantitative estimate of drug-likeness (QED) is 0.263. The van der Waals surface area contributed by atoms with Gasteiger partial charge in [0.1, 0.15) is 18.1 Å². The third-order valence-electron chi connectivity index (χ3n) is 5.66. The molecule has 1 aliphatic heterocycles. The molecule has 15 heteroatoms. The lowest BCUT2D eigenvalue weighted by Crippen LogP contribution is -2.36. The first-order valence-electron chi connectivity index (χ1n) is 12.2. The fourth-order valence-corrected chi connectivity index (χ4v) is 4.64. The molecule has 4 heterocycles. The van der Waals surface area contributed by atoms with Crippen LogP contribution in [0.4, 0.5) is 10.2 Å². The lowest BCUT2D eigenvalue weighted by atomic mass is 10.2. The number of carbonyl (C=O) groups excluding carboxylic acids is 3. The van der Waals surface area contributed by atoms with Crippen molar-refractivity contribution in [3.05, 3.63) is 88.5 Å². The number of halogens is 2. The number of amides is 3. The molecule has 212 valence electrons. The van der Waals surface area contributed by atoms with E-state index < -0.39 is 5.91 Å². The van der Waals surface area contributed by atoms with E-state index >= 15 is 0 Å². The van der Waals surface area contributed by atoms with Crippen LogP contribution < -0.4 is 16.0 Å². The van der Waals surface area contributed by atoms with E-state index in [9.17, 15) is 18.8 Å². The summed E-state index contributed by atoms with van der Waals surface area (Å²) in [6.07, 6.45) is 2.01. The first kappa shape index (κ1) is 29.3. The Balaban J connectivity index is 0.000000175. The highest BCUT2D eigenvalue weighted by atomic mass is 35.5. The molecule has 0 spiro atoms. The molecule has 0 radical (unpaired) electrons. The molecule has 0 aliphatic carbocycles. The summed E-state index contributed by atoms with van der Waals surface area (Å²) in [5.41, 5.74) is 2.30. The van der Waals surface area contributed by atoms with E-state index in [1.807, 2.05) is 19.1 Å². The predicted molar refractivity (Wildman–Crippen MR) is 152 cm³/mol. The number of anilines is 1. The number of imidazole rings is 1. The number of hydrogen-bond donors (Lipinski definition) is 3. The van der Waals surface area contributed by atoms with Crippen molar-refractivity contribution in [3.8, 4) is 0 Å². The fourth-order valence-electron chi connectivity index (χ4n) is 3.72. The molecule has 0 saturated heterocycles. The van der Waals surface area contributed by atoms with Crippen molar-refractivity contribution >= 4 is 57.3 Å². The summed E-state index contributed by atoms with van der Waals surface area (Å²) in [4.78, 5) is 40.0. The first-order valence-corrected chi connectivity index (χ1v) is 13.3. The van der Waals surface area contributed by atoms with Gasteiger partial charge in [-0.1, -0.05) is 29.8 Å². The fraction of sp³-hybridized carbons (Fsp3) is 0.192. The monoisotopic (exact) mass is 597 g/mol. The lowest BCUT2D eigenvalue weighted by Gasteiger charge is -2.17. The zero-order chi connectivity index (χ0) is 29.4. The maximum absolute atomic E-state index is 12.3. The van der Waals surface area contributed by atoms with Crippen LogP contribution in [0.3, 0.4) is 0 Å². The molecule has 1 aliphatic rings. The average molecular weight is 598 g/mol. The molecule has 0 bridgehead atoms. The summed E-state index contributed by atoms with van der Waals surface area (Å²) < 4.78 is 19.0. The number of aryl methyl sites for hydroxylation is 2. The van der Waals surface area contributed by atoms with E-state index in [2.05, 4.69) is 47.6 Å². The number of benzene rings is 2. The molecular weight excluding hydrogens is 573 g/mol. The van der Waals surface area contributed by atoms with Gasteiger partial charge in [-0.25, -0.2) is 9.37 Å². The SMILES string of the molecule is Cc1nsc2ccccc12.Cn1ncc(CNC(=O)c2nc(NC=O)c3n2CC(=O)NC3)n1.Fc1ccc(Cl)cc1. The van der Waals surface area contributed by atoms with Gasteiger partial charge in [0.05, 0.1) is 35.4 Å². The Bertz CT molecular complexity index is 1650. The van der Waals surface area contributed by atoms with Gasteiger partial charge in [-0.2, -0.15) is 19.4 Å². The number of rotatable bonds is 5. The Morgan fingerprint density at radius 2 is 1.98 bits per heavy atom. The normalized spacial score (nSPS) is 11.8. The second-order valence-corrected chi connectivity index (χ2v) is 9.81. The molecule has 41 heavy (non-hydrogen) atoms. The van der Waals surface area contributed by atoms with Gasteiger partial charge in [0, 0.05) is 17.5 Å². The minimum Gasteiger partial charge on any atom is -0.349 e. The van der Waals surface area contributed by atoms with Crippen molar-refractivity contribution in [1.82, 2.24) is 39.6 Å². The molecule has 3 N–H and O–H groups in total. The molecule has 12 nitrogen and oxygen atoms in total. The van der Waals surface area contributed by atoms with Crippen LogP contribution in [0.5, 0.6) is 0 Å². The summed E-state index contributed by atoms with van der Waals surface area (Å²) in [7, 11) is 1.67. The van der Waals surface area contributed by atoms with Gasteiger partial charge in [0.15, 0.2) is 5.82 Å². The number of hydrogen-bond acceptors (Lipinski definition) is 8. The standard InChI is InChI=1S/C12H14N8O3.C8H7NS.C6H4ClF/c1-19-16-3-7(18-19)2-14-12(23)11-17-10(15-6-21)8-4-13-9(22)5-20(8)11;1-6-7-4-2-3-5-8(7)10-9-6;7-5-1-3-6(8)4-2-5/h3,6H,2,4-5H2,1H3,(H,13,22)(H,14,23)(H,15,21);2-5H,1H3;1-4H. The average Bonchev–Trinajstić information content (AvgIpc) is 3.67. The third-order valence-corrected chi connectivity index (χ3v) is 6.83. The van der Waals surface area contributed by atoms with Crippen LogP contribution in [0, 0.1) is 12.7 Å². The van der Waals surface area contributed by atoms with Crippen molar-refractivity contribution < 1.29 is 18.8 Å². The molecule has 3 aromatic heterocycles. The highest BCUT2D eigenvalue weighted by Gasteiger charge is 2.26. The van der Waals surface area contributed by atoms with Crippen LogP contribution in [0.15, 0.2) is 54.7 Å². The molecule has 0 unspecified atom stereocenters. The van der Waals surface area contributed by atoms with Gasteiger partial charge < -0.3 is 20.5 Å². The topological polar surface area (TPSA) is 149 Å². The van der Waals surface area contributed by atoms with Gasteiger partial charge in [0.2, 0.25) is 18.1 Å². The lowest BCUT2D eigenvalue weighted by molar-refractivity contribution is -0.122. The number of nitrogens with zero attached hydrogens (tertiary/aromatic N) is 6. The Hall–Kier alpha value is -4.69. The van der Waals surface area contributed by atoms with Gasteiger partial charge in [-0.05, 0) is 48.8 Å². The molecule has 2 aromatic carbocycles. The van der Waals surface area contributed by atoms with Crippen LogP contribution in [0.25, 0.3) is 10.1 Å². The highest BCUT2D eigenvalue weighted by molar-refractivity contribution is 7.13. The van der Waals surface area contributed by atoms with E-state index in [0.29, 0.717) is 22.8 Å². The second kappa shape index (κ2) is 13.6. The second-order valence-electron chi connectivity index (χ2n) is 8.56. The molecule has 0 atom stereocenters. The number of carbonyl (C=O) groups is 3. The minimum absolute atomic E-state index is 0.0310. The largest absolute Gasteiger partial charge is 0.349 e. The van der Waals surface area contributed by atoms with Crippen molar-refractivity contribution in [2.24, 2.45) is 7.05 Å². The van der Waals surface area contributed by atoms with Crippen LogP contribution >= 0.6 is 23.1 Å². The van der Waals surface area contributed by atoms with E-state index in [1.165, 1.54) is 49.9 Å². The van der Waals surface area contributed by atoms with Crippen molar-refractivity contribution in [3.63, 3.8) is 0 Å². The molecule has 3 amide bonds. The Labute approximate surface area is 242 Å². The molecule has 0 saturated carbocycles. The minimum atomic E-state index is -0.467. The molecule has 6 rings (SSSR count). The van der Waals surface area contributed by atoms with Crippen molar-refractivity contribution in [2.75, 3.05) is 5.32 Å². The van der Waals surface area contributed by atoms with Gasteiger partial charge in [-0.3, -0.25) is 14.4 Å². The summed E-state index contributed by atoms with van der Waals surface area (Å²) in [5, 5.41) is 17.5. The van der Waals surface area contributed by atoms with E-state index in [4.69, 9.17) is 11.6 Å². The zero-order valence-corrected chi connectivity index (χ0v) is 23.5. The van der Waals surface area contributed by atoms with Gasteiger partial charge in [0.25, 0.3) is 5.91 Å². The van der Waals surface area contributed by atoms with Crippen LogP contribution in [0.2, 0.25) is 5.02 Å². The van der Waals surface area contributed by atoms with Gasteiger partial charge in [-0.15, -0.1) is 0 Å². The Kier molecular flexibility index (Phi) is 9.71. The Morgan fingerprint density at radius 1 is 1.22 bits per heavy atom.